The van der Waals surface area contributed by atoms with E-state index < -0.39 is 0 Å². The van der Waals surface area contributed by atoms with Gasteiger partial charge in [0.25, 0.3) is 0 Å². The predicted molar refractivity (Wildman–Crippen MR) is 74.5 cm³/mol. The predicted octanol–water partition coefficient (Wildman–Crippen LogP) is 0.427. The summed E-state index contributed by atoms with van der Waals surface area (Å²) < 4.78 is 10.8. The van der Waals surface area contributed by atoms with Crippen molar-refractivity contribution in [1.29, 1.82) is 0 Å². The van der Waals surface area contributed by atoms with Crippen molar-refractivity contribution in [2.75, 3.05) is 33.4 Å². The van der Waals surface area contributed by atoms with Crippen LogP contribution >= 0.6 is 0 Å². The number of pyridine rings is 1. The second-order valence-corrected chi connectivity index (χ2v) is 4.84. The number of hydrogen-bond acceptors (Lipinski definition) is 5. The molecule has 6 heteroatoms. The Bertz CT molecular complexity index is 453. The normalized spacial score (nSPS) is 19.6. The highest BCUT2D eigenvalue weighted by molar-refractivity contribution is 5.72. The first-order chi connectivity index (χ1) is 9.67. The van der Waals surface area contributed by atoms with Crippen LogP contribution in [0.25, 0.3) is 0 Å². The maximum Gasteiger partial charge on any atom is 0.216 e. The van der Waals surface area contributed by atoms with Crippen molar-refractivity contribution in [2.24, 2.45) is 0 Å². The Morgan fingerprint density at radius 1 is 1.60 bits per heavy atom. The lowest BCUT2D eigenvalue weighted by atomic mass is 10.2. The first-order valence-corrected chi connectivity index (χ1v) is 6.75. The van der Waals surface area contributed by atoms with E-state index in [4.69, 9.17) is 9.47 Å². The summed E-state index contributed by atoms with van der Waals surface area (Å²) in [4.78, 5) is 17.6. The minimum absolute atomic E-state index is 0.0276. The molecule has 0 aliphatic carbocycles. The van der Waals surface area contributed by atoms with Crippen molar-refractivity contribution >= 4 is 5.91 Å². The average Bonchev–Trinajstić information content (AvgIpc) is 2.46. The van der Waals surface area contributed by atoms with Crippen LogP contribution in [0.5, 0.6) is 5.88 Å². The molecule has 2 heterocycles. The van der Waals surface area contributed by atoms with Gasteiger partial charge in [-0.15, -0.1) is 0 Å². The third kappa shape index (κ3) is 4.47. The Morgan fingerprint density at radius 2 is 2.45 bits per heavy atom. The van der Waals surface area contributed by atoms with Crippen molar-refractivity contribution in [3.8, 4) is 5.88 Å². The molecule has 1 unspecified atom stereocenters. The number of morpholine rings is 1. The Balaban J connectivity index is 1.87. The average molecular weight is 279 g/mol. The van der Waals surface area contributed by atoms with Gasteiger partial charge in [0.05, 0.1) is 25.5 Å². The zero-order valence-corrected chi connectivity index (χ0v) is 12.0. The zero-order chi connectivity index (χ0) is 14.4. The van der Waals surface area contributed by atoms with Gasteiger partial charge in [-0.2, -0.15) is 0 Å². The fourth-order valence-corrected chi connectivity index (χ4v) is 2.19. The van der Waals surface area contributed by atoms with Crippen LogP contribution in [-0.2, 0) is 16.1 Å². The lowest BCUT2D eigenvalue weighted by molar-refractivity contribution is -0.120. The van der Waals surface area contributed by atoms with Gasteiger partial charge in [0.2, 0.25) is 11.8 Å². The van der Waals surface area contributed by atoms with E-state index in [2.05, 4.69) is 15.2 Å². The van der Waals surface area contributed by atoms with E-state index in [1.807, 2.05) is 18.2 Å². The molecule has 0 radical (unpaired) electrons. The standard InChI is InChI=1S/C14H21N3O3/c1-11(18)15-8-13-10-17(6-7-20-13)9-12-4-3-5-14(16-12)19-2/h3-5,13H,6-10H2,1-2H3,(H,15,18). The number of ether oxygens (including phenoxy) is 2. The van der Waals surface area contributed by atoms with Gasteiger partial charge in [-0.05, 0) is 6.07 Å². The largest absolute Gasteiger partial charge is 0.481 e. The maximum atomic E-state index is 10.9. The first kappa shape index (κ1) is 14.7. The van der Waals surface area contributed by atoms with Crippen molar-refractivity contribution in [3.63, 3.8) is 0 Å². The number of aromatic nitrogens is 1. The summed E-state index contributed by atoms with van der Waals surface area (Å²) >= 11 is 0. The van der Waals surface area contributed by atoms with E-state index in [1.165, 1.54) is 6.92 Å². The summed E-state index contributed by atoms with van der Waals surface area (Å²) in [5.74, 6) is 0.603. The summed E-state index contributed by atoms with van der Waals surface area (Å²) in [6.07, 6.45) is 0.0401. The van der Waals surface area contributed by atoms with Gasteiger partial charge in [0.1, 0.15) is 0 Å². The molecule has 1 fully saturated rings. The highest BCUT2D eigenvalue weighted by Crippen LogP contribution is 2.12. The molecule has 0 aromatic carbocycles. The van der Waals surface area contributed by atoms with Crippen LogP contribution in [0.1, 0.15) is 12.6 Å². The molecule has 6 nitrogen and oxygen atoms in total. The van der Waals surface area contributed by atoms with E-state index in [1.54, 1.807) is 7.11 Å². The minimum Gasteiger partial charge on any atom is -0.481 e. The van der Waals surface area contributed by atoms with E-state index in [0.717, 1.165) is 25.3 Å². The molecule has 1 aromatic rings. The molecule has 1 aliphatic rings. The highest BCUT2D eigenvalue weighted by atomic mass is 16.5. The summed E-state index contributed by atoms with van der Waals surface area (Å²) in [6.45, 7) is 5.16. The summed E-state index contributed by atoms with van der Waals surface area (Å²) in [5, 5.41) is 2.79. The molecule has 1 saturated heterocycles. The quantitative estimate of drug-likeness (QED) is 0.846. The molecule has 0 spiro atoms. The van der Waals surface area contributed by atoms with Crippen LogP contribution in [0.2, 0.25) is 0 Å². The van der Waals surface area contributed by atoms with Crippen molar-refractivity contribution in [1.82, 2.24) is 15.2 Å². The van der Waals surface area contributed by atoms with E-state index >= 15 is 0 Å². The van der Waals surface area contributed by atoms with Crippen molar-refractivity contribution < 1.29 is 14.3 Å². The molecule has 2 rings (SSSR count). The summed E-state index contributed by atoms with van der Waals surface area (Å²) in [7, 11) is 1.62. The summed E-state index contributed by atoms with van der Waals surface area (Å²) in [6, 6.07) is 5.76. The smallest absolute Gasteiger partial charge is 0.216 e. The highest BCUT2D eigenvalue weighted by Gasteiger charge is 2.21. The zero-order valence-electron chi connectivity index (χ0n) is 12.0. The molecular formula is C14H21N3O3. The van der Waals surface area contributed by atoms with Gasteiger partial charge in [0.15, 0.2) is 0 Å². The first-order valence-electron chi connectivity index (χ1n) is 6.75. The molecule has 1 amide bonds. The SMILES string of the molecule is COc1cccc(CN2CCOC(CNC(C)=O)C2)n1. The Kier molecular flexibility index (Phi) is 5.31. The Hall–Kier alpha value is -1.66. The second kappa shape index (κ2) is 7.21. The Morgan fingerprint density at radius 3 is 3.20 bits per heavy atom. The van der Waals surface area contributed by atoms with Crippen LogP contribution in [0.3, 0.4) is 0 Å². The number of methoxy groups -OCH3 is 1. The molecule has 0 saturated carbocycles. The molecule has 0 bridgehead atoms. The number of nitrogens with one attached hydrogen (secondary N) is 1. The third-order valence-corrected chi connectivity index (χ3v) is 3.18. The maximum absolute atomic E-state index is 10.9. The van der Waals surface area contributed by atoms with Crippen LogP contribution < -0.4 is 10.1 Å². The monoisotopic (exact) mass is 279 g/mol. The number of rotatable bonds is 5. The topological polar surface area (TPSA) is 63.7 Å². The fourth-order valence-electron chi connectivity index (χ4n) is 2.19. The fraction of sp³-hybridized carbons (Fsp3) is 0.571. The van der Waals surface area contributed by atoms with Crippen molar-refractivity contribution in [2.45, 2.75) is 19.6 Å². The Labute approximate surface area is 119 Å². The lowest BCUT2D eigenvalue weighted by Crippen LogP contribution is -2.46. The van der Waals surface area contributed by atoms with Gasteiger partial charge in [-0.25, -0.2) is 4.98 Å². The van der Waals surface area contributed by atoms with Crippen LogP contribution in [-0.4, -0.2) is 55.2 Å². The van der Waals surface area contributed by atoms with Crippen LogP contribution in [0.15, 0.2) is 18.2 Å². The molecule has 1 atom stereocenters. The van der Waals surface area contributed by atoms with E-state index in [0.29, 0.717) is 19.0 Å². The number of amides is 1. The lowest BCUT2D eigenvalue weighted by Gasteiger charge is -2.32. The van der Waals surface area contributed by atoms with Gasteiger partial charge < -0.3 is 14.8 Å². The van der Waals surface area contributed by atoms with Gasteiger partial charge in [0, 0.05) is 39.2 Å². The van der Waals surface area contributed by atoms with Gasteiger partial charge >= 0.3 is 0 Å². The summed E-state index contributed by atoms with van der Waals surface area (Å²) in [5.41, 5.74) is 0.976. The molecule has 110 valence electrons. The van der Waals surface area contributed by atoms with Gasteiger partial charge in [-0.1, -0.05) is 6.07 Å². The third-order valence-electron chi connectivity index (χ3n) is 3.18. The van der Waals surface area contributed by atoms with E-state index in [9.17, 15) is 4.79 Å². The molecule has 20 heavy (non-hydrogen) atoms. The number of hydrogen-bond donors (Lipinski definition) is 1. The number of nitrogens with zero attached hydrogens (tertiary/aromatic N) is 2. The van der Waals surface area contributed by atoms with Gasteiger partial charge in [-0.3, -0.25) is 9.69 Å². The molecule has 1 N–H and O–H groups in total. The van der Waals surface area contributed by atoms with Crippen LogP contribution in [0, 0.1) is 0 Å². The molecule has 1 aromatic heterocycles. The van der Waals surface area contributed by atoms with Crippen molar-refractivity contribution in [3.05, 3.63) is 23.9 Å². The molecule has 1 aliphatic heterocycles. The van der Waals surface area contributed by atoms with E-state index in [-0.39, 0.29) is 12.0 Å². The minimum atomic E-state index is -0.0276. The second-order valence-electron chi connectivity index (χ2n) is 4.84. The molecular weight excluding hydrogens is 258 g/mol. The number of carbonyl (C=O) groups excluding carboxylic acids is 1. The van der Waals surface area contributed by atoms with Crippen LogP contribution in [0.4, 0.5) is 0 Å². The number of carbonyl (C=O) groups is 1.